The van der Waals surface area contributed by atoms with Crippen molar-refractivity contribution in [2.24, 2.45) is 0 Å². The molecule has 0 spiro atoms. The lowest BCUT2D eigenvalue weighted by atomic mass is 9.98. The third-order valence-corrected chi connectivity index (χ3v) is 5.11. The van der Waals surface area contributed by atoms with Gasteiger partial charge in [-0.15, -0.1) is 0 Å². The molecule has 0 fully saturated rings. The van der Waals surface area contributed by atoms with Gasteiger partial charge in [0.15, 0.2) is 5.79 Å². The largest absolute Gasteiger partial charge is 0.385 e. The van der Waals surface area contributed by atoms with Gasteiger partial charge in [-0.1, -0.05) is 121 Å². The molecule has 4 aromatic rings. The maximum absolute atomic E-state index is 9.99. The van der Waals surface area contributed by atoms with Crippen LogP contribution in [0.4, 0.5) is 0 Å². The van der Waals surface area contributed by atoms with Crippen molar-refractivity contribution in [2.45, 2.75) is 24.4 Å². The van der Waals surface area contributed by atoms with E-state index in [0.717, 1.165) is 16.7 Å². The maximum Gasteiger partial charge on any atom is 0.193 e. The Bertz CT molecular complexity index is 992. The molecule has 0 radical (unpaired) electrons. The van der Waals surface area contributed by atoms with Crippen molar-refractivity contribution < 1.29 is 20.4 Å². The van der Waals surface area contributed by atoms with E-state index in [-0.39, 0.29) is 6.42 Å². The highest BCUT2D eigenvalue weighted by atomic mass is 16.5. The standard InChI is InChI=1S/2C14H14O2/c15-14(16,13-9-5-2-6-10-13)11-12-7-3-1-4-8-12;15-13(11-7-3-1-4-8-11)14(16)12-9-5-2-6-10-12/h1-10,15-16H,11H2;1-10,13-16H. The second kappa shape index (κ2) is 11.4. The van der Waals surface area contributed by atoms with E-state index in [1.807, 2.05) is 72.8 Å². The van der Waals surface area contributed by atoms with E-state index in [0.29, 0.717) is 5.56 Å². The van der Waals surface area contributed by atoms with Gasteiger partial charge in [0.05, 0.1) is 0 Å². The summed E-state index contributed by atoms with van der Waals surface area (Å²) < 4.78 is 0. The molecule has 4 heteroatoms. The van der Waals surface area contributed by atoms with Gasteiger partial charge in [0.1, 0.15) is 12.2 Å². The van der Waals surface area contributed by atoms with Crippen molar-refractivity contribution in [3.8, 4) is 0 Å². The Labute approximate surface area is 188 Å². The first kappa shape index (κ1) is 23.4. The number of aliphatic hydroxyl groups excluding tert-OH is 2. The fraction of sp³-hybridized carbons (Fsp3) is 0.143. The van der Waals surface area contributed by atoms with E-state index in [2.05, 4.69) is 0 Å². The van der Waals surface area contributed by atoms with Gasteiger partial charge in [0, 0.05) is 12.0 Å². The Kier molecular flexibility index (Phi) is 8.31. The smallest absolute Gasteiger partial charge is 0.193 e. The molecule has 0 bridgehead atoms. The molecule has 0 amide bonds. The van der Waals surface area contributed by atoms with Crippen molar-refractivity contribution in [1.82, 2.24) is 0 Å². The molecule has 4 rings (SSSR count). The molecule has 4 nitrogen and oxygen atoms in total. The van der Waals surface area contributed by atoms with Crippen LogP contribution in [-0.4, -0.2) is 20.4 Å². The molecule has 0 saturated carbocycles. The Balaban J connectivity index is 0.000000181. The summed E-state index contributed by atoms with van der Waals surface area (Å²) in [6, 6.07) is 36.6. The van der Waals surface area contributed by atoms with E-state index >= 15 is 0 Å². The first-order valence-corrected chi connectivity index (χ1v) is 10.5. The topological polar surface area (TPSA) is 80.9 Å². The zero-order valence-corrected chi connectivity index (χ0v) is 17.7. The van der Waals surface area contributed by atoms with Gasteiger partial charge in [-0.3, -0.25) is 0 Å². The van der Waals surface area contributed by atoms with Crippen LogP contribution in [0.15, 0.2) is 121 Å². The molecule has 4 aromatic carbocycles. The van der Waals surface area contributed by atoms with Crippen molar-refractivity contribution >= 4 is 0 Å². The quantitative estimate of drug-likeness (QED) is 0.341. The zero-order chi connectivity index (χ0) is 22.8. The number of hydrogen-bond acceptors (Lipinski definition) is 4. The van der Waals surface area contributed by atoms with Crippen LogP contribution in [0.3, 0.4) is 0 Å². The SMILES string of the molecule is OC(O)(Cc1ccccc1)c1ccccc1.OC(c1ccccc1)C(O)c1ccccc1. The van der Waals surface area contributed by atoms with Crippen LogP contribution >= 0.6 is 0 Å². The highest BCUT2D eigenvalue weighted by molar-refractivity contribution is 5.25. The van der Waals surface area contributed by atoms with Gasteiger partial charge in [0.2, 0.25) is 0 Å². The summed E-state index contributed by atoms with van der Waals surface area (Å²) in [6.07, 6.45) is -1.58. The van der Waals surface area contributed by atoms with Crippen LogP contribution < -0.4 is 0 Å². The summed E-state index contributed by atoms with van der Waals surface area (Å²) in [4.78, 5) is 0. The minimum Gasteiger partial charge on any atom is -0.385 e. The van der Waals surface area contributed by atoms with E-state index < -0.39 is 18.0 Å². The molecular formula is C28H28O4. The Morgan fingerprint density at radius 3 is 1.25 bits per heavy atom. The normalized spacial score (nSPS) is 12.9. The van der Waals surface area contributed by atoms with Crippen molar-refractivity contribution in [2.75, 3.05) is 0 Å². The molecule has 2 unspecified atom stereocenters. The van der Waals surface area contributed by atoms with Gasteiger partial charge in [-0.2, -0.15) is 0 Å². The predicted molar refractivity (Wildman–Crippen MR) is 126 cm³/mol. The van der Waals surface area contributed by atoms with E-state index in [4.69, 9.17) is 0 Å². The van der Waals surface area contributed by atoms with Gasteiger partial charge >= 0.3 is 0 Å². The van der Waals surface area contributed by atoms with Crippen molar-refractivity contribution in [1.29, 1.82) is 0 Å². The molecule has 0 aromatic heterocycles. The summed E-state index contributed by atoms with van der Waals surface area (Å²) in [5.74, 6) is -1.80. The molecule has 164 valence electrons. The second-order valence-corrected chi connectivity index (χ2v) is 7.56. The van der Waals surface area contributed by atoms with Gasteiger partial charge in [-0.05, 0) is 16.7 Å². The molecule has 0 aliphatic heterocycles. The molecule has 0 saturated heterocycles. The Morgan fingerprint density at radius 2 is 0.844 bits per heavy atom. The van der Waals surface area contributed by atoms with Crippen molar-refractivity contribution in [3.63, 3.8) is 0 Å². The predicted octanol–water partition coefficient (Wildman–Crippen LogP) is 4.52. The molecular weight excluding hydrogens is 400 g/mol. The van der Waals surface area contributed by atoms with E-state index in [1.165, 1.54) is 0 Å². The monoisotopic (exact) mass is 428 g/mol. The van der Waals surface area contributed by atoms with Crippen LogP contribution in [0.1, 0.15) is 34.5 Å². The fourth-order valence-electron chi connectivity index (χ4n) is 3.35. The summed E-state index contributed by atoms with van der Waals surface area (Å²) >= 11 is 0. The third-order valence-electron chi connectivity index (χ3n) is 5.11. The summed E-state index contributed by atoms with van der Waals surface area (Å²) in [7, 11) is 0. The number of hydrogen-bond donors (Lipinski definition) is 4. The molecule has 2 atom stereocenters. The summed E-state index contributed by atoms with van der Waals surface area (Å²) in [5.41, 5.74) is 2.85. The average molecular weight is 429 g/mol. The maximum atomic E-state index is 9.99. The van der Waals surface area contributed by atoms with Crippen LogP contribution in [0, 0.1) is 0 Å². The first-order chi connectivity index (χ1) is 15.5. The van der Waals surface area contributed by atoms with Gasteiger partial charge in [-0.25, -0.2) is 0 Å². The average Bonchev–Trinajstić information content (AvgIpc) is 2.85. The van der Waals surface area contributed by atoms with E-state index in [1.54, 1.807) is 48.5 Å². The first-order valence-electron chi connectivity index (χ1n) is 10.5. The van der Waals surface area contributed by atoms with Crippen LogP contribution in [0.5, 0.6) is 0 Å². The minimum absolute atomic E-state index is 0.192. The highest BCUT2D eigenvalue weighted by Gasteiger charge is 2.25. The molecule has 4 N–H and O–H groups in total. The van der Waals surface area contributed by atoms with Crippen LogP contribution in [0.2, 0.25) is 0 Å². The van der Waals surface area contributed by atoms with Gasteiger partial charge in [0.25, 0.3) is 0 Å². The van der Waals surface area contributed by atoms with Crippen LogP contribution in [0.25, 0.3) is 0 Å². The van der Waals surface area contributed by atoms with Gasteiger partial charge < -0.3 is 20.4 Å². The number of rotatable bonds is 6. The third kappa shape index (κ3) is 6.61. The fourth-order valence-corrected chi connectivity index (χ4v) is 3.35. The van der Waals surface area contributed by atoms with E-state index in [9.17, 15) is 20.4 Å². The Hall–Kier alpha value is -3.28. The summed E-state index contributed by atoms with van der Waals surface area (Å²) in [6.45, 7) is 0. The number of benzene rings is 4. The Morgan fingerprint density at radius 1 is 0.500 bits per heavy atom. The minimum atomic E-state index is -1.80. The molecule has 32 heavy (non-hydrogen) atoms. The molecule has 0 heterocycles. The second-order valence-electron chi connectivity index (χ2n) is 7.56. The summed E-state index contributed by atoms with van der Waals surface area (Å²) in [5, 5.41) is 40.0. The lowest BCUT2D eigenvalue weighted by Crippen LogP contribution is -2.27. The highest BCUT2D eigenvalue weighted by Crippen LogP contribution is 2.28. The van der Waals surface area contributed by atoms with Crippen LogP contribution in [-0.2, 0) is 12.2 Å². The lowest BCUT2D eigenvalue weighted by Gasteiger charge is -2.22. The molecule has 0 aliphatic carbocycles. The molecule has 0 aliphatic rings. The number of aliphatic hydroxyl groups is 4. The zero-order valence-electron chi connectivity index (χ0n) is 17.7. The lowest BCUT2D eigenvalue weighted by molar-refractivity contribution is -0.168. The van der Waals surface area contributed by atoms with Crippen molar-refractivity contribution in [3.05, 3.63) is 144 Å².